The fraction of sp³-hybridized carbons (Fsp3) is 0.391. The summed E-state index contributed by atoms with van der Waals surface area (Å²) in [5.41, 5.74) is 2.19. The summed E-state index contributed by atoms with van der Waals surface area (Å²) in [5, 5.41) is 5.76. The number of nitrogens with zero attached hydrogens (tertiary/aromatic N) is 4. The molecule has 3 aromatic heterocycles. The predicted octanol–water partition coefficient (Wildman–Crippen LogP) is 3.08. The first-order valence-electron chi connectivity index (χ1n) is 11.0. The molecule has 2 fully saturated rings. The van der Waals surface area contributed by atoms with Gasteiger partial charge in [-0.3, -0.25) is 4.90 Å². The van der Waals surface area contributed by atoms with Crippen molar-refractivity contribution in [3.63, 3.8) is 0 Å². The van der Waals surface area contributed by atoms with Gasteiger partial charge in [0, 0.05) is 73.4 Å². The van der Waals surface area contributed by atoms with E-state index < -0.39 is 0 Å². The summed E-state index contributed by atoms with van der Waals surface area (Å²) in [7, 11) is 0. The number of fused-ring (bicyclic) bond motifs is 2. The fourth-order valence-corrected chi connectivity index (χ4v) is 5.61. The second-order valence-electron chi connectivity index (χ2n) is 8.17. The SMILES string of the molecule is c1cc(-c2nc(N3CCOCC3)c3cc(CN4CCNCC4)sc3n2)c2cc[nH]c2c1. The molecule has 160 valence electrons. The van der Waals surface area contributed by atoms with Gasteiger partial charge in [0.1, 0.15) is 10.6 Å². The van der Waals surface area contributed by atoms with Crippen molar-refractivity contribution in [2.24, 2.45) is 0 Å². The van der Waals surface area contributed by atoms with Gasteiger partial charge in [0.25, 0.3) is 0 Å². The van der Waals surface area contributed by atoms with Crippen LogP contribution in [0.5, 0.6) is 0 Å². The highest BCUT2D eigenvalue weighted by molar-refractivity contribution is 7.18. The Morgan fingerprint density at radius 1 is 1.00 bits per heavy atom. The molecule has 2 saturated heterocycles. The summed E-state index contributed by atoms with van der Waals surface area (Å²) in [6.45, 7) is 8.51. The summed E-state index contributed by atoms with van der Waals surface area (Å²) in [4.78, 5) is 20.8. The van der Waals surface area contributed by atoms with Crippen LogP contribution in [-0.4, -0.2) is 72.3 Å². The molecule has 2 N–H and O–H groups in total. The maximum Gasteiger partial charge on any atom is 0.163 e. The number of benzene rings is 1. The molecule has 7 nitrogen and oxygen atoms in total. The third kappa shape index (κ3) is 3.70. The minimum atomic E-state index is 0.742. The third-order valence-corrected chi connectivity index (χ3v) is 7.17. The fourth-order valence-electron chi connectivity index (χ4n) is 4.54. The largest absolute Gasteiger partial charge is 0.378 e. The standard InChI is InChI=1S/C23H26N6OS/c1-2-18(17-4-5-25-20(17)3-1)21-26-22(29-10-12-30-13-11-29)19-14-16(31-23(19)27-21)15-28-8-6-24-7-9-28/h1-5,14,24-25H,6-13,15H2. The van der Waals surface area contributed by atoms with Crippen LogP contribution in [-0.2, 0) is 11.3 Å². The Kier molecular flexibility index (Phi) is 5.07. The van der Waals surface area contributed by atoms with Crippen molar-refractivity contribution in [1.29, 1.82) is 0 Å². The van der Waals surface area contributed by atoms with E-state index in [0.717, 1.165) is 92.0 Å². The van der Waals surface area contributed by atoms with Crippen LogP contribution in [0.3, 0.4) is 0 Å². The van der Waals surface area contributed by atoms with Crippen molar-refractivity contribution in [2.75, 3.05) is 57.4 Å². The summed E-state index contributed by atoms with van der Waals surface area (Å²) in [6.07, 6.45) is 1.98. The van der Waals surface area contributed by atoms with E-state index in [-0.39, 0.29) is 0 Å². The second kappa shape index (κ2) is 8.20. The van der Waals surface area contributed by atoms with Crippen LogP contribution in [0.2, 0.25) is 0 Å². The molecular formula is C23H26N6OS. The molecule has 2 aliphatic rings. The summed E-state index contributed by atoms with van der Waals surface area (Å²) in [6, 6.07) is 10.7. The van der Waals surface area contributed by atoms with Gasteiger partial charge in [-0.25, -0.2) is 9.97 Å². The molecule has 4 aromatic rings. The van der Waals surface area contributed by atoms with Gasteiger partial charge in [0.2, 0.25) is 0 Å². The number of anilines is 1. The van der Waals surface area contributed by atoms with Crippen molar-refractivity contribution < 1.29 is 4.74 Å². The zero-order chi connectivity index (χ0) is 20.6. The number of nitrogens with one attached hydrogen (secondary N) is 2. The summed E-state index contributed by atoms with van der Waals surface area (Å²) < 4.78 is 5.60. The van der Waals surface area contributed by atoms with Gasteiger partial charge in [-0.1, -0.05) is 12.1 Å². The van der Waals surface area contributed by atoms with Crippen molar-refractivity contribution in [3.8, 4) is 11.4 Å². The molecule has 0 unspecified atom stereocenters. The molecule has 0 radical (unpaired) electrons. The number of rotatable bonds is 4. The Morgan fingerprint density at radius 3 is 2.74 bits per heavy atom. The lowest BCUT2D eigenvalue weighted by molar-refractivity contribution is 0.122. The molecule has 0 spiro atoms. The van der Waals surface area contributed by atoms with Crippen molar-refractivity contribution in [3.05, 3.63) is 41.4 Å². The van der Waals surface area contributed by atoms with Crippen LogP contribution in [0.4, 0.5) is 5.82 Å². The zero-order valence-electron chi connectivity index (χ0n) is 17.4. The predicted molar refractivity (Wildman–Crippen MR) is 126 cm³/mol. The van der Waals surface area contributed by atoms with Gasteiger partial charge >= 0.3 is 0 Å². The smallest absolute Gasteiger partial charge is 0.163 e. The van der Waals surface area contributed by atoms with E-state index in [9.17, 15) is 0 Å². The molecule has 0 aliphatic carbocycles. The number of thiophene rings is 1. The minimum Gasteiger partial charge on any atom is -0.378 e. The Bertz CT molecular complexity index is 1210. The van der Waals surface area contributed by atoms with E-state index in [4.69, 9.17) is 14.7 Å². The van der Waals surface area contributed by atoms with Gasteiger partial charge in [0.05, 0.1) is 18.6 Å². The number of H-pyrrole nitrogens is 1. The maximum atomic E-state index is 5.60. The van der Waals surface area contributed by atoms with Crippen molar-refractivity contribution >= 4 is 38.3 Å². The van der Waals surface area contributed by atoms with Crippen LogP contribution < -0.4 is 10.2 Å². The molecule has 31 heavy (non-hydrogen) atoms. The molecule has 2 aliphatic heterocycles. The topological polar surface area (TPSA) is 69.3 Å². The Balaban J connectivity index is 1.46. The first-order valence-corrected chi connectivity index (χ1v) is 11.8. The quantitative estimate of drug-likeness (QED) is 0.515. The number of hydrogen-bond acceptors (Lipinski definition) is 7. The van der Waals surface area contributed by atoms with Crippen LogP contribution in [0.15, 0.2) is 36.5 Å². The van der Waals surface area contributed by atoms with Crippen LogP contribution in [0.1, 0.15) is 4.88 Å². The van der Waals surface area contributed by atoms with E-state index in [1.807, 2.05) is 6.20 Å². The third-order valence-electron chi connectivity index (χ3n) is 6.16. The molecule has 0 amide bonds. The number of piperazine rings is 1. The Labute approximate surface area is 185 Å². The van der Waals surface area contributed by atoms with Gasteiger partial charge in [-0.15, -0.1) is 11.3 Å². The highest BCUT2D eigenvalue weighted by Crippen LogP contribution is 2.35. The van der Waals surface area contributed by atoms with E-state index in [1.54, 1.807) is 11.3 Å². The van der Waals surface area contributed by atoms with E-state index in [0.29, 0.717) is 0 Å². The number of morpholine rings is 1. The van der Waals surface area contributed by atoms with Gasteiger partial charge < -0.3 is 19.9 Å². The molecule has 0 bridgehead atoms. The van der Waals surface area contributed by atoms with E-state index >= 15 is 0 Å². The Hall–Kier alpha value is -2.52. The number of aromatic amines is 1. The molecule has 0 atom stereocenters. The number of aromatic nitrogens is 3. The van der Waals surface area contributed by atoms with Crippen LogP contribution in [0.25, 0.3) is 32.5 Å². The van der Waals surface area contributed by atoms with E-state index in [2.05, 4.69) is 50.4 Å². The molecule has 1 aromatic carbocycles. The summed E-state index contributed by atoms with van der Waals surface area (Å²) in [5.74, 6) is 1.84. The van der Waals surface area contributed by atoms with Crippen molar-refractivity contribution in [2.45, 2.75) is 6.54 Å². The lowest BCUT2D eigenvalue weighted by atomic mass is 10.1. The average Bonchev–Trinajstić information content (AvgIpc) is 3.46. The van der Waals surface area contributed by atoms with Crippen molar-refractivity contribution in [1.82, 2.24) is 25.2 Å². The Morgan fingerprint density at radius 2 is 1.87 bits per heavy atom. The molecule has 5 heterocycles. The second-order valence-corrected chi connectivity index (χ2v) is 9.29. The zero-order valence-corrected chi connectivity index (χ0v) is 18.2. The summed E-state index contributed by atoms with van der Waals surface area (Å²) >= 11 is 1.81. The lowest BCUT2D eigenvalue weighted by Gasteiger charge is -2.28. The van der Waals surface area contributed by atoms with E-state index in [1.165, 1.54) is 10.3 Å². The first kappa shape index (κ1) is 19.2. The molecule has 0 saturated carbocycles. The monoisotopic (exact) mass is 434 g/mol. The highest BCUT2D eigenvalue weighted by Gasteiger charge is 2.21. The van der Waals surface area contributed by atoms with Gasteiger partial charge in [-0.2, -0.15) is 0 Å². The van der Waals surface area contributed by atoms with Crippen LogP contribution in [0, 0.1) is 0 Å². The molecular weight excluding hydrogens is 408 g/mol. The normalized spacial score (nSPS) is 18.3. The lowest BCUT2D eigenvalue weighted by Crippen LogP contribution is -2.42. The van der Waals surface area contributed by atoms with Gasteiger partial charge in [-0.05, 0) is 18.2 Å². The maximum absolute atomic E-state index is 5.60. The molecule has 8 heteroatoms. The molecule has 6 rings (SSSR count). The minimum absolute atomic E-state index is 0.742. The number of ether oxygens (including phenoxy) is 1. The van der Waals surface area contributed by atoms with Crippen LogP contribution >= 0.6 is 11.3 Å². The average molecular weight is 435 g/mol. The highest BCUT2D eigenvalue weighted by atomic mass is 32.1. The van der Waals surface area contributed by atoms with Gasteiger partial charge in [0.15, 0.2) is 5.82 Å². The first-order chi connectivity index (χ1) is 15.3. The number of hydrogen-bond donors (Lipinski definition) is 2.